The number of halogens is 2. The first kappa shape index (κ1) is 17.3. The van der Waals surface area contributed by atoms with Gasteiger partial charge in [-0.2, -0.15) is 13.9 Å². The highest BCUT2D eigenvalue weighted by molar-refractivity contribution is 5.93. The van der Waals surface area contributed by atoms with E-state index in [0.29, 0.717) is 10.7 Å². The first-order chi connectivity index (χ1) is 11.5. The van der Waals surface area contributed by atoms with Gasteiger partial charge in [-0.15, -0.1) is 0 Å². The summed E-state index contributed by atoms with van der Waals surface area (Å²) in [4.78, 5) is 17.1. The van der Waals surface area contributed by atoms with Gasteiger partial charge in [0.05, 0.1) is 11.8 Å². The molecule has 1 saturated carbocycles. The fourth-order valence-corrected chi connectivity index (χ4v) is 3.60. The number of carbonyl (C=O) groups is 1. The van der Waals surface area contributed by atoms with Crippen molar-refractivity contribution in [2.24, 2.45) is 0 Å². The normalized spacial score (nSPS) is 26.7. The maximum absolute atomic E-state index is 12.5. The van der Waals surface area contributed by atoms with Gasteiger partial charge in [0.2, 0.25) is 0 Å². The van der Waals surface area contributed by atoms with E-state index in [1.54, 1.807) is 0 Å². The molecule has 1 amide bonds. The quantitative estimate of drug-likeness (QED) is 0.903. The van der Waals surface area contributed by atoms with E-state index in [-0.39, 0.29) is 17.5 Å². The standard InChI is InChI=1S/C16H25F2N5O/c1-21-6-8-22(9-7-21)14-4-2-13(3-5-14)20-15(24)12-10-19-23(11-12)16(17)18/h10-11,13-14,16H,2-9H2,1H3,(H,20,24). The van der Waals surface area contributed by atoms with Crippen molar-refractivity contribution < 1.29 is 13.6 Å². The van der Waals surface area contributed by atoms with Crippen LogP contribution in [0.15, 0.2) is 12.4 Å². The van der Waals surface area contributed by atoms with Gasteiger partial charge < -0.3 is 10.2 Å². The van der Waals surface area contributed by atoms with E-state index in [9.17, 15) is 13.6 Å². The largest absolute Gasteiger partial charge is 0.349 e. The molecule has 1 aliphatic heterocycles. The van der Waals surface area contributed by atoms with E-state index in [2.05, 4.69) is 27.3 Å². The molecule has 1 N–H and O–H groups in total. The fourth-order valence-electron chi connectivity index (χ4n) is 3.60. The molecule has 2 fully saturated rings. The van der Waals surface area contributed by atoms with Crippen LogP contribution in [0.2, 0.25) is 0 Å². The van der Waals surface area contributed by atoms with E-state index >= 15 is 0 Å². The fraction of sp³-hybridized carbons (Fsp3) is 0.750. The van der Waals surface area contributed by atoms with Crippen LogP contribution in [0, 0.1) is 0 Å². The van der Waals surface area contributed by atoms with Crippen molar-refractivity contribution in [3.8, 4) is 0 Å². The predicted molar refractivity (Wildman–Crippen MR) is 86.1 cm³/mol. The second-order valence-electron chi connectivity index (χ2n) is 6.80. The van der Waals surface area contributed by atoms with Crippen molar-refractivity contribution in [3.63, 3.8) is 0 Å². The maximum Gasteiger partial charge on any atom is 0.333 e. The average molecular weight is 341 g/mol. The molecule has 2 heterocycles. The SMILES string of the molecule is CN1CCN(C2CCC(NC(=O)c3cnn(C(F)F)c3)CC2)CC1. The summed E-state index contributed by atoms with van der Waals surface area (Å²) < 4.78 is 25.5. The van der Waals surface area contributed by atoms with Crippen molar-refractivity contribution in [1.29, 1.82) is 0 Å². The van der Waals surface area contributed by atoms with Crippen LogP contribution in [0.4, 0.5) is 8.78 Å². The Morgan fingerprint density at radius 3 is 2.46 bits per heavy atom. The minimum atomic E-state index is -2.72. The number of nitrogens with zero attached hydrogens (tertiary/aromatic N) is 4. The molecule has 1 aromatic rings. The van der Waals surface area contributed by atoms with Gasteiger partial charge in [0, 0.05) is 44.5 Å². The lowest BCUT2D eigenvalue weighted by molar-refractivity contribution is 0.0565. The molecule has 2 aliphatic rings. The Morgan fingerprint density at radius 2 is 1.88 bits per heavy atom. The molecule has 1 aliphatic carbocycles. The summed E-state index contributed by atoms with van der Waals surface area (Å²) in [5.41, 5.74) is 0.191. The second-order valence-corrected chi connectivity index (χ2v) is 6.80. The van der Waals surface area contributed by atoms with Crippen LogP contribution in [0.1, 0.15) is 42.6 Å². The third-order valence-corrected chi connectivity index (χ3v) is 5.15. The van der Waals surface area contributed by atoms with Crippen molar-refractivity contribution in [2.75, 3.05) is 33.2 Å². The Kier molecular flexibility index (Phi) is 5.45. The smallest absolute Gasteiger partial charge is 0.333 e. The van der Waals surface area contributed by atoms with Crippen LogP contribution in [0.3, 0.4) is 0 Å². The summed E-state index contributed by atoms with van der Waals surface area (Å²) in [7, 11) is 2.15. The molecule has 1 aromatic heterocycles. The highest BCUT2D eigenvalue weighted by Crippen LogP contribution is 2.24. The van der Waals surface area contributed by atoms with E-state index in [4.69, 9.17) is 0 Å². The number of hydrogen-bond donors (Lipinski definition) is 1. The van der Waals surface area contributed by atoms with Crippen LogP contribution in [-0.2, 0) is 0 Å². The molecule has 0 bridgehead atoms. The van der Waals surface area contributed by atoms with Crippen molar-refractivity contribution in [2.45, 2.75) is 44.3 Å². The lowest BCUT2D eigenvalue weighted by Gasteiger charge is -2.41. The number of hydrogen-bond acceptors (Lipinski definition) is 4. The minimum absolute atomic E-state index is 0.121. The van der Waals surface area contributed by atoms with Crippen molar-refractivity contribution >= 4 is 5.91 Å². The zero-order valence-electron chi connectivity index (χ0n) is 14.0. The Balaban J connectivity index is 1.45. The molecule has 3 rings (SSSR count). The number of likely N-dealkylation sites (N-methyl/N-ethyl adjacent to an activating group) is 1. The van der Waals surface area contributed by atoms with E-state index in [1.807, 2.05) is 0 Å². The van der Waals surface area contributed by atoms with Crippen LogP contribution in [-0.4, -0.2) is 70.8 Å². The monoisotopic (exact) mass is 341 g/mol. The molecule has 134 valence electrons. The first-order valence-electron chi connectivity index (χ1n) is 8.58. The third kappa shape index (κ3) is 4.10. The molecule has 0 atom stereocenters. The lowest BCUT2D eigenvalue weighted by atomic mass is 9.89. The first-order valence-corrected chi connectivity index (χ1v) is 8.58. The maximum atomic E-state index is 12.5. The van der Waals surface area contributed by atoms with E-state index in [1.165, 1.54) is 6.20 Å². The second kappa shape index (κ2) is 7.57. The van der Waals surface area contributed by atoms with E-state index < -0.39 is 6.55 Å². The Bertz CT molecular complexity index is 548. The lowest BCUT2D eigenvalue weighted by Crippen LogP contribution is -2.51. The van der Waals surface area contributed by atoms with Gasteiger partial charge in [-0.05, 0) is 32.7 Å². The molecule has 6 nitrogen and oxygen atoms in total. The third-order valence-electron chi connectivity index (χ3n) is 5.15. The summed E-state index contributed by atoms with van der Waals surface area (Å²) >= 11 is 0. The molecular weight excluding hydrogens is 316 g/mol. The average Bonchev–Trinajstić information content (AvgIpc) is 3.07. The van der Waals surface area contributed by atoms with Crippen LogP contribution < -0.4 is 5.32 Å². The number of aromatic nitrogens is 2. The molecule has 8 heteroatoms. The molecule has 0 unspecified atom stereocenters. The van der Waals surface area contributed by atoms with E-state index in [0.717, 1.165) is 58.1 Å². The van der Waals surface area contributed by atoms with Gasteiger partial charge in [0.15, 0.2) is 0 Å². The number of nitrogens with one attached hydrogen (secondary N) is 1. The molecule has 1 saturated heterocycles. The summed E-state index contributed by atoms with van der Waals surface area (Å²) in [5, 5.41) is 6.46. The Hall–Kier alpha value is -1.54. The zero-order valence-corrected chi connectivity index (χ0v) is 14.0. The molecule has 0 aromatic carbocycles. The Morgan fingerprint density at radius 1 is 1.21 bits per heavy atom. The molecular formula is C16H25F2N5O. The highest BCUT2D eigenvalue weighted by Gasteiger charge is 2.28. The van der Waals surface area contributed by atoms with Crippen molar-refractivity contribution in [3.05, 3.63) is 18.0 Å². The predicted octanol–water partition coefficient (Wildman–Crippen LogP) is 1.57. The molecule has 0 spiro atoms. The van der Waals surface area contributed by atoms with Gasteiger partial charge in [-0.1, -0.05) is 0 Å². The summed E-state index contributed by atoms with van der Waals surface area (Å²) in [6.45, 7) is 1.75. The highest BCUT2D eigenvalue weighted by atomic mass is 19.3. The van der Waals surface area contributed by atoms with Crippen molar-refractivity contribution in [1.82, 2.24) is 24.9 Å². The summed E-state index contributed by atoms with van der Waals surface area (Å²) in [5.74, 6) is -0.315. The molecule has 0 radical (unpaired) electrons. The van der Waals surface area contributed by atoms with Crippen LogP contribution in [0.25, 0.3) is 0 Å². The summed E-state index contributed by atoms with van der Waals surface area (Å²) in [6, 6.07) is 0.726. The summed E-state index contributed by atoms with van der Waals surface area (Å²) in [6.07, 6.45) is 6.31. The minimum Gasteiger partial charge on any atom is -0.349 e. The zero-order chi connectivity index (χ0) is 17.1. The topological polar surface area (TPSA) is 53.4 Å². The number of amides is 1. The number of rotatable bonds is 4. The van der Waals surface area contributed by atoms with Gasteiger partial charge in [0.1, 0.15) is 0 Å². The number of carbonyl (C=O) groups excluding carboxylic acids is 1. The van der Waals surface area contributed by atoms with Crippen LogP contribution in [0.5, 0.6) is 0 Å². The Labute approximate surface area is 140 Å². The number of piperazine rings is 1. The van der Waals surface area contributed by atoms with Gasteiger partial charge >= 0.3 is 6.55 Å². The van der Waals surface area contributed by atoms with Gasteiger partial charge in [-0.25, -0.2) is 4.68 Å². The molecule has 24 heavy (non-hydrogen) atoms. The van der Waals surface area contributed by atoms with Crippen LogP contribution >= 0.6 is 0 Å². The number of alkyl halides is 2. The van der Waals surface area contributed by atoms with Gasteiger partial charge in [0.25, 0.3) is 5.91 Å². The van der Waals surface area contributed by atoms with Gasteiger partial charge in [-0.3, -0.25) is 9.69 Å².